The predicted octanol–water partition coefficient (Wildman–Crippen LogP) is 3.77. The number of halogens is 3. The summed E-state index contributed by atoms with van der Waals surface area (Å²) in [5.74, 6) is -0.303. The molecule has 0 radical (unpaired) electrons. The van der Waals surface area contributed by atoms with Crippen molar-refractivity contribution >= 4 is 10.0 Å². The van der Waals surface area contributed by atoms with Gasteiger partial charge in [0.15, 0.2) is 0 Å². The van der Waals surface area contributed by atoms with Crippen LogP contribution < -0.4 is 9.46 Å². The normalized spacial score (nSPS) is 17.0. The summed E-state index contributed by atoms with van der Waals surface area (Å²) >= 11 is 0. The Morgan fingerprint density at radius 1 is 1.17 bits per heavy atom. The van der Waals surface area contributed by atoms with Crippen LogP contribution >= 0.6 is 0 Å². The summed E-state index contributed by atoms with van der Waals surface area (Å²) in [5, 5.41) is 0. The van der Waals surface area contributed by atoms with Gasteiger partial charge in [0.05, 0.1) is 18.3 Å². The van der Waals surface area contributed by atoms with E-state index >= 15 is 0 Å². The molecule has 2 rings (SSSR count). The molecule has 8 heteroatoms. The maximum atomic E-state index is 12.1. The fourth-order valence-corrected chi connectivity index (χ4v) is 3.65. The zero-order chi connectivity index (χ0) is 17.6. The van der Waals surface area contributed by atoms with Crippen molar-refractivity contribution < 1.29 is 26.3 Å². The maximum absolute atomic E-state index is 12.1. The van der Waals surface area contributed by atoms with Crippen LogP contribution in [0, 0.1) is 0 Å². The average Bonchev–Trinajstić information content (AvgIpc) is 2.52. The molecule has 1 saturated carbocycles. The smallest absolute Gasteiger partial charge is 0.390 e. The lowest BCUT2D eigenvalue weighted by Gasteiger charge is -2.23. The summed E-state index contributed by atoms with van der Waals surface area (Å²) in [4.78, 5) is 0. The van der Waals surface area contributed by atoms with Gasteiger partial charge < -0.3 is 4.74 Å². The summed E-state index contributed by atoms with van der Waals surface area (Å²) in [5.41, 5.74) is 0.652. The van der Waals surface area contributed by atoms with E-state index in [2.05, 4.69) is 4.72 Å². The number of benzene rings is 1. The van der Waals surface area contributed by atoms with Crippen LogP contribution in [0.2, 0.25) is 0 Å². The monoisotopic (exact) mass is 365 g/mol. The van der Waals surface area contributed by atoms with Gasteiger partial charge in [0.25, 0.3) is 0 Å². The first-order chi connectivity index (χ1) is 11.2. The van der Waals surface area contributed by atoms with Gasteiger partial charge in [-0.2, -0.15) is 13.2 Å². The number of hydrogen-bond acceptors (Lipinski definition) is 3. The highest BCUT2D eigenvalue weighted by Gasteiger charge is 2.29. The van der Waals surface area contributed by atoms with E-state index in [-0.39, 0.29) is 12.6 Å². The highest BCUT2D eigenvalue weighted by molar-refractivity contribution is 7.89. The average molecular weight is 365 g/mol. The zero-order valence-corrected chi connectivity index (χ0v) is 14.1. The van der Waals surface area contributed by atoms with Gasteiger partial charge in [-0.25, -0.2) is 13.1 Å². The minimum atomic E-state index is -4.48. The first-order valence-corrected chi connectivity index (χ1v) is 9.68. The third-order valence-corrected chi connectivity index (χ3v) is 5.23. The Balaban J connectivity index is 1.87. The van der Waals surface area contributed by atoms with Crippen molar-refractivity contribution in [2.24, 2.45) is 0 Å². The molecule has 1 aliphatic rings. The zero-order valence-electron chi connectivity index (χ0n) is 13.3. The van der Waals surface area contributed by atoms with E-state index in [9.17, 15) is 21.6 Å². The van der Waals surface area contributed by atoms with E-state index in [4.69, 9.17) is 4.74 Å². The van der Waals surface area contributed by atoms with Crippen molar-refractivity contribution in [2.75, 3.05) is 5.75 Å². The molecule has 0 aromatic heterocycles. The Kier molecular flexibility index (Phi) is 6.51. The number of hydrogen-bond donors (Lipinski definition) is 1. The van der Waals surface area contributed by atoms with Gasteiger partial charge in [-0.1, -0.05) is 18.6 Å². The predicted molar refractivity (Wildman–Crippen MR) is 85.2 cm³/mol. The molecular weight excluding hydrogens is 343 g/mol. The summed E-state index contributed by atoms with van der Waals surface area (Å²) in [7, 11) is -3.96. The second kappa shape index (κ2) is 8.20. The van der Waals surface area contributed by atoms with Gasteiger partial charge in [0, 0.05) is 6.54 Å². The molecule has 0 amide bonds. The Morgan fingerprint density at radius 2 is 1.88 bits per heavy atom. The van der Waals surface area contributed by atoms with Crippen LogP contribution in [0.15, 0.2) is 24.3 Å². The van der Waals surface area contributed by atoms with Crippen molar-refractivity contribution in [2.45, 2.75) is 57.3 Å². The molecule has 0 bridgehead atoms. The summed E-state index contributed by atoms with van der Waals surface area (Å²) < 4.78 is 67.7. The van der Waals surface area contributed by atoms with Gasteiger partial charge in [-0.15, -0.1) is 0 Å². The fraction of sp³-hybridized carbons (Fsp3) is 0.625. The van der Waals surface area contributed by atoms with E-state index in [1.54, 1.807) is 24.3 Å². The second-order valence-corrected chi connectivity index (χ2v) is 7.96. The number of ether oxygens (including phenoxy) is 1. The van der Waals surface area contributed by atoms with E-state index in [0.717, 1.165) is 25.7 Å². The molecule has 4 nitrogen and oxygen atoms in total. The minimum absolute atomic E-state index is 0.0535. The van der Waals surface area contributed by atoms with Crippen LogP contribution in [-0.4, -0.2) is 26.5 Å². The highest BCUT2D eigenvalue weighted by atomic mass is 32.2. The molecule has 1 aliphatic carbocycles. The first-order valence-electron chi connectivity index (χ1n) is 8.03. The third-order valence-electron chi connectivity index (χ3n) is 3.90. The Hall–Kier alpha value is -1.28. The number of nitrogens with one attached hydrogen (secondary N) is 1. The van der Waals surface area contributed by atoms with Crippen molar-refractivity contribution in [1.82, 2.24) is 4.72 Å². The molecule has 0 heterocycles. The Morgan fingerprint density at radius 3 is 2.54 bits per heavy atom. The summed E-state index contributed by atoms with van der Waals surface area (Å²) in [6, 6.07) is 6.98. The van der Waals surface area contributed by atoms with Gasteiger partial charge in [0.1, 0.15) is 5.75 Å². The van der Waals surface area contributed by atoms with Gasteiger partial charge in [-0.05, 0) is 43.4 Å². The van der Waals surface area contributed by atoms with Crippen LogP contribution in [0.25, 0.3) is 0 Å². The van der Waals surface area contributed by atoms with Crippen LogP contribution in [0.5, 0.6) is 5.75 Å². The Labute approximate surface area is 140 Å². The molecule has 1 aromatic carbocycles. The summed E-state index contributed by atoms with van der Waals surface area (Å²) in [6.45, 7) is -0.0535. The molecule has 0 spiro atoms. The van der Waals surface area contributed by atoms with E-state index < -0.39 is 28.4 Å². The SMILES string of the molecule is O=S(=O)(CCC(F)(F)F)NCc1cccc(OC2CCCCC2)c1. The highest BCUT2D eigenvalue weighted by Crippen LogP contribution is 2.24. The molecule has 1 N–H and O–H groups in total. The largest absolute Gasteiger partial charge is 0.490 e. The molecule has 0 saturated heterocycles. The van der Waals surface area contributed by atoms with E-state index in [0.29, 0.717) is 11.3 Å². The van der Waals surface area contributed by atoms with Crippen molar-refractivity contribution in [1.29, 1.82) is 0 Å². The van der Waals surface area contributed by atoms with Crippen LogP contribution in [-0.2, 0) is 16.6 Å². The Bertz CT molecular complexity index is 626. The lowest BCUT2D eigenvalue weighted by atomic mass is 9.98. The molecular formula is C16H22F3NO3S. The molecule has 0 unspecified atom stereocenters. The van der Waals surface area contributed by atoms with Crippen molar-refractivity contribution in [3.8, 4) is 5.75 Å². The molecule has 24 heavy (non-hydrogen) atoms. The standard InChI is InChI=1S/C16H22F3NO3S/c17-16(18,19)9-10-24(21,22)20-12-13-5-4-8-15(11-13)23-14-6-2-1-3-7-14/h4-5,8,11,14,20H,1-3,6-7,9-10,12H2. The lowest BCUT2D eigenvalue weighted by molar-refractivity contribution is -0.129. The second-order valence-electron chi connectivity index (χ2n) is 6.03. The maximum Gasteiger partial charge on any atom is 0.390 e. The molecule has 1 fully saturated rings. The first kappa shape index (κ1) is 19.1. The third kappa shape index (κ3) is 7.09. The molecule has 0 aliphatic heterocycles. The van der Waals surface area contributed by atoms with Gasteiger partial charge in [-0.3, -0.25) is 0 Å². The van der Waals surface area contributed by atoms with Gasteiger partial charge >= 0.3 is 6.18 Å². The fourth-order valence-electron chi connectivity index (χ4n) is 2.62. The van der Waals surface area contributed by atoms with Crippen LogP contribution in [0.4, 0.5) is 13.2 Å². The minimum Gasteiger partial charge on any atom is -0.490 e. The summed E-state index contributed by atoms with van der Waals surface area (Å²) in [6.07, 6.45) is -0.137. The molecule has 0 atom stereocenters. The van der Waals surface area contributed by atoms with Crippen molar-refractivity contribution in [3.05, 3.63) is 29.8 Å². The van der Waals surface area contributed by atoms with Crippen LogP contribution in [0.1, 0.15) is 44.1 Å². The topological polar surface area (TPSA) is 55.4 Å². The number of alkyl halides is 3. The number of rotatable bonds is 7. The van der Waals surface area contributed by atoms with Crippen LogP contribution in [0.3, 0.4) is 0 Å². The number of sulfonamides is 1. The van der Waals surface area contributed by atoms with E-state index in [1.165, 1.54) is 6.42 Å². The van der Waals surface area contributed by atoms with Crippen molar-refractivity contribution in [3.63, 3.8) is 0 Å². The quantitative estimate of drug-likeness (QED) is 0.800. The van der Waals surface area contributed by atoms with E-state index in [1.807, 2.05) is 0 Å². The molecule has 136 valence electrons. The lowest BCUT2D eigenvalue weighted by Crippen LogP contribution is -2.28. The van der Waals surface area contributed by atoms with Gasteiger partial charge in [0.2, 0.25) is 10.0 Å². The molecule has 1 aromatic rings.